The molecule has 0 radical (unpaired) electrons. The Balaban J connectivity index is 1.30. The van der Waals surface area contributed by atoms with Gasteiger partial charge in [0, 0.05) is 44.4 Å². The smallest absolute Gasteiger partial charge is 0.236 e. The van der Waals surface area contributed by atoms with Crippen LogP contribution in [0.5, 0.6) is 0 Å². The number of ether oxygens (including phenoxy) is 1. The Labute approximate surface area is 208 Å². The van der Waals surface area contributed by atoms with Crippen molar-refractivity contribution in [3.8, 4) is 0 Å². The Morgan fingerprint density at radius 2 is 1.94 bits per heavy atom. The number of amides is 2. The summed E-state index contributed by atoms with van der Waals surface area (Å²) in [5.74, 6) is 1.13. The Kier molecular flexibility index (Phi) is 7.47. The van der Waals surface area contributed by atoms with Gasteiger partial charge in [0.25, 0.3) is 0 Å². The lowest BCUT2D eigenvalue weighted by atomic mass is 9.72. The highest BCUT2D eigenvalue weighted by Crippen LogP contribution is 2.41. The van der Waals surface area contributed by atoms with Crippen molar-refractivity contribution < 1.29 is 14.3 Å². The molecule has 4 fully saturated rings. The zero-order valence-corrected chi connectivity index (χ0v) is 21.0. The maximum absolute atomic E-state index is 13.9. The highest BCUT2D eigenvalue weighted by Gasteiger charge is 2.50. The van der Waals surface area contributed by atoms with Crippen molar-refractivity contribution in [2.75, 3.05) is 45.9 Å². The van der Waals surface area contributed by atoms with Crippen molar-refractivity contribution in [2.24, 2.45) is 11.3 Å². The molecule has 0 N–H and O–H groups in total. The van der Waals surface area contributed by atoms with Crippen molar-refractivity contribution >= 4 is 23.4 Å². The van der Waals surface area contributed by atoms with Crippen LogP contribution in [0.3, 0.4) is 0 Å². The summed E-state index contributed by atoms with van der Waals surface area (Å²) in [6, 6.07) is 7.79. The third-order valence-electron chi connectivity index (χ3n) is 8.03. The fraction of sp³-hybridized carbons (Fsp3) is 0.704. The van der Waals surface area contributed by atoms with E-state index in [1.54, 1.807) is 0 Å². The summed E-state index contributed by atoms with van der Waals surface area (Å²) in [5, 5.41) is 0.693. The van der Waals surface area contributed by atoms with Gasteiger partial charge in [-0.15, -0.1) is 0 Å². The zero-order chi connectivity index (χ0) is 23.5. The Morgan fingerprint density at radius 3 is 2.71 bits per heavy atom. The van der Waals surface area contributed by atoms with Gasteiger partial charge in [0.05, 0.1) is 18.1 Å². The zero-order valence-electron chi connectivity index (χ0n) is 20.2. The maximum atomic E-state index is 13.9. The van der Waals surface area contributed by atoms with Gasteiger partial charge < -0.3 is 14.5 Å². The number of carbonyl (C=O) groups excluding carboxylic acids is 2. The highest BCUT2D eigenvalue weighted by molar-refractivity contribution is 6.30. The van der Waals surface area contributed by atoms with Crippen molar-refractivity contribution in [2.45, 2.75) is 64.0 Å². The Morgan fingerprint density at radius 1 is 1.12 bits per heavy atom. The maximum Gasteiger partial charge on any atom is 0.236 e. The molecule has 186 valence electrons. The average Bonchev–Trinajstić information content (AvgIpc) is 3.66. The summed E-state index contributed by atoms with van der Waals surface area (Å²) in [5.41, 5.74) is 0.581. The summed E-state index contributed by atoms with van der Waals surface area (Å²) in [6.07, 6.45) is 8.57. The van der Waals surface area contributed by atoms with E-state index in [1.165, 1.54) is 19.3 Å². The van der Waals surface area contributed by atoms with Gasteiger partial charge in [-0.3, -0.25) is 14.5 Å². The molecule has 2 amide bonds. The van der Waals surface area contributed by atoms with Crippen molar-refractivity contribution in [1.29, 1.82) is 0 Å². The number of rotatable bonds is 7. The van der Waals surface area contributed by atoms with Gasteiger partial charge in [-0.2, -0.15) is 0 Å². The van der Waals surface area contributed by atoms with Crippen LogP contribution in [-0.4, -0.2) is 78.5 Å². The molecule has 6 nitrogen and oxygen atoms in total. The van der Waals surface area contributed by atoms with Crippen LogP contribution in [0.2, 0.25) is 5.02 Å². The van der Waals surface area contributed by atoms with E-state index in [2.05, 4.69) is 4.90 Å². The van der Waals surface area contributed by atoms with E-state index in [4.69, 9.17) is 16.3 Å². The van der Waals surface area contributed by atoms with Crippen LogP contribution in [0, 0.1) is 11.3 Å². The molecule has 3 saturated heterocycles. The Hall–Kier alpha value is -1.63. The molecule has 3 heterocycles. The molecule has 5 rings (SSSR count). The number of likely N-dealkylation sites (tertiary alicyclic amines) is 3. The molecule has 3 aliphatic heterocycles. The normalized spacial score (nSPS) is 28.5. The number of benzene rings is 1. The van der Waals surface area contributed by atoms with Gasteiger partial charge in [-0.05, 0) is 81.5 Å². The van der Waals surface area contributed by atoms with E-state index in [0.29, 0.717) is 37.1 Å². The van der Waals surface area contributed by atoms with Gasteiger partial charge in [-0.25, -0.2) is 0 Å². The quantitative estimate of drug-likeness (QED) is 0.584. The minimum atomic E-state index is -0.467. The molecule has 1 spiro atoms. The van der Waals surface area contributed by atoms with E-state index >= 15 is 0 Å². The first-order chi connectivity index (χ1) is 16.5. The van der Waals surface area contributed by atoms with Crippen LogP contribution in [0.25, 0.3) is 0 Å². The third kappa shape index (κ3) is 5.77. The van der Waals surface area contributed by atoms with E-state index in [9.17, 15) is 9.59 Å². The molecule has 7 heteroatoms. The second-order valence-electron chi connectivity index (χ2n) is 11.0. The van der Waals surface area contributed by atoms with Gasteiger partial charge in [0.1, 0.15) is 0 Å². The molecule has 0 unspecified atom stereocenters. The van der Waals surface area contributed by atoms with Gasteiger partial charge in [0.15, 0.2) is 0 Å². The fourth-order valence-electron chi connectivity index (χ4n) is 6.05. The molecule has 2 atom stereocenters. The highest BCUT2D eigenvalue weighted by atomic mass is 35.5. The van der Waals surface area contributed by atoms with Crippen LogP contribution in [-0.2, 0) is 20.9 Å². The first kappa shape index (κ1) is 24.1. The topological polar surface area (TPSA) is 53.1 Å². The predicted octanol–water partition coefficient (Wildman–Crippen LogP) is 3.96. The van der Waals surface area contributed by atoms with Crippen molar-refractivity contribution in [3.63, 3.8) is 0 Å². The largest absolute Gasteiger partial charge is 0.376 e. The van der Waals surface area contributed by atoms with Crippen LogP contribution in [0.15, 0.2) is 24.3 Å². The number of nitrogens with zero attached hydrogens (tertiary/aromatic N) is 3. The minimum absolute atomic E-state index is 0.0511. The lowest BCUT2D eigenvalue weighted by Crippen LogP contribution is -2.60. The SMILES string of the molecule is O=C(CN1CCC[C@]2(C[C@H](OCC3CC3)CN(Cc3cccc(Cl)c3)C2=O)C1)N1CCCCC1. The van der Waals surface area contributed by atoms with E-state index in [-0.39, 0.29) is 17.9 Å². The number of carbonyl (C=O) groups is 2. The summed E-state index contributed by atoms with van der Waals surface area (Å²) in [7, 11) is 0. The number of piperidine rings is 3. The first-order valence-electron chi connectivity index (χ1n) is 13.2. The molecular weight excluding hydrogens is 450 g/mol. The molecule has 4 aliphatic rings. The van der Waals surface area contributed by atoms with Crippen LogP contribution in [0.4, 0.5) is 0 Å². The third-order valence-corrected chi connectivity index (χ3v) is 8.27. The summed E-state index contributed by atoms with van der Waals surface area (Å²) in [4.78, 5) is 33.1. The van der Waals surface area contributed by atoms with Gasteiger partial charge in [-0.1, -0.05) is 23.7 Å². The van der Waals surface area contributed by atoms with E-state index in [1.807, 2.05) is 34.1 Å². The van der Waals surface area contributed by atoms with Crippen LogP contribution < -0.4 is 0 Å². The van der Waals surface area contributed by atoms with Gasteiger partial charge in [0.2, 0.25) is 11.8 Å². The van der Waals surface area contributed by atoms with E-state index in [0.717, 1.165) is 63.9 Å². The molecule has 1 saturated carbocycles. The van der Waals surface area contributed by atoms with Crippen molar-refractivity contribution in [3.05, 3.63) is 34.9 Å². The number of hydrogen-bond donors (Lipinski definition) is 0. The standard InChI is InChI=1S/C27H38ClN3O3/c28-23-7-4-6-22(14-23)16-31-17-24(34-19-21-8-9-21)15-27(26(31)33)10-5-11-29(20-27)18-25(32)30-12-2-1-3-13-30/h4,6-7,14,21,24H,1-3,5,8-13,15-20H2/t24-,27-/m0/s1. The average molecular weight is 488 g/mol. The molecule has 1 aromatic carbocycles. The first-order valence-corrected chi connectivity index (χ1v) is 13.5. The molecule has 1 aliphatic carbocycles. The predicted molar refractivity (Wildman–Crippen MR) is 132 cm³/mol. The fourth-order valence-corrected chi connectivity index (χ4v) is 6.26. The lowest BCUT2D eigenvalue weighted by molar-refractivity contribution is -0.162. The number of halogens is 1. The number of hydrogen-bond acceptors (Lipinski definition) is 4. The molecule has 34 heavy (non-hydrogen) atoms. The summed E-state index contributed by atoms with van der Waals surface area (Å²) < 4.78 is 6.37. The summed E-state index contributed by atoms with van der Waals surface area (Å²) >= 11 is 6.22. The molecule has 0 bridgehead atoms. The molecule has 0 aromatic heterocycles. The van der Waals surface area contributed by atoms with Crippen molar-refractivity contribution in [1.82, 2.24) is 14.7 Å². The van der Waals surface area contributed by atoms with Crippen LogP contribution >= 0.6 is 11.6 Å². The van der Waals surface area contributed by atoms with Crippen LogP contribution in [0.1, 0.15) is 56.9 Å². The summed E-state index contributed by atoms with van der Waals surface area (Å²) in [6.45, 7) is 5.71. The monoisotopic (exact) mass is 487 g/mol. The second kappa shape index (κ2) is 10.5. The lowest BCUT2D eigenvalue weighted by Gasteiger charge is -2.49. The minimum Gasteiger partial charge on any atom is -0.376 e. The molecular formula is C27H38ClN3O3. The second-order valence-corrected chi connectivity index (χ2v) is 11.4. The Bertz CT molecular complexity index is 886. The molecule has 1 aromatic rings. The van der Waals surface area contributed by atoms with E-state index < -0.39 is 5.41 Å². The van der Waals surface area contributed by atoms with Gasteiger partial charge >= 0.3 is 0 Å².